The highest BCUT2D eigenvalue weighted by Gasteiger charge is 2.31. The van der Waals surface area contributed by atoms with Gasteiger partial charge in [0.1, 0.15) is 0 Å². The van der Waals surface area contributed by atoms with Crippen LogP contribution in [0.2, 0.25) is 0 Å². The van der Waals surface area contributed by atoms with Crippen LogP contribution in [0.1, 0.15) is 44.2 Å². The molecule has 1 fully saturated rings. The normalized spacial score (nSPS) is 22.1. The molecular weight excluding hydrogens is 308 g/mol. The fourth-order valence-corrected chi connectivity index (χ4v) is 3.99. The van der Waals surface area contributed by atoms with Crippen molar-refractivity contribution in [3.05, 3.63) is 35.4 Å². The molecule has 1 aromatic carbocycles. The van der Waals surface area contributed by atoms with Crippen LogP contribution in [0.5, 0.6) is 0 Å². The quantitative estimate of drug-likeness (QED) is 0.748. The fourth-order valence-electron chi connectivity index (χ4n) is 2.70. The van der Waals surface area contributed by atoms with Crippen molar-refractivity contribution in [1.82, 2.24) is 10.6 Å². The summed E-state index contributed by atoms with van der Waals surface area (Å²) in [6.07, 6.45) is 1.54. The highest BCUT2D eigenvalue weighted by atomic mass is 32.2. The largest absolute Gasteiger partial charge is 0.387 e. The van der Waals surface area contributed by atoms with Crippen LogP contribution in [-0.2, 0) is 6.42 Å². The Morgan fingerprint density at radius 3 is 2.57 bits per heavy atom. The van der Waals surface area contributed by atoms with Crippen LogP contribution in [0, 0.1) is 0 Å². The second-order valence-electron chi connectivity index (χ2n) is 6.86. The molecule has 1 heterocycles. The summed E-state index contributed by atoms with van der Waals surface area (Å²) in [4.78, 5) is 11.9. The highest BCUT2D eigenvalue weighted by molar-refractivity contribution is 7.99. The molecule has 2 unspecified atom stereocenters. The van der Waals surface area contributed by atoms with Crippen molar-refractivity contribution >= 4 is 17.8 Å². The van der Waals surface area contributed by atoms with E-state index < -0.39 is 5.60 Å². The Labute approximate surface area is 143 Å². The molecule has 4 nitrogen and oxygen atoms in total. The maximum Gasteiger partial charge on any atom is 0.315 e. The van der Waals surface area contributed by atoms with E-state index >= 15 is 0 Å². The number of carbonyl (C=O) groups is 1. The predicted octanol–water partition coefficient (Wildman–Crippen LogP) is 2.91. The highest BCUT2D eigenvalue weighted by Crippen LogP contribution is 2.26. The van der Waals surface area contributed by atoms with E-state index in [1.54, 1.807) is 11.8 Å². The number of carbonyl (C=O) groups excluding carboxylic acids is 1. The third-order valence-electron chi connectivity index (χ3n) is 4.23. The van der Waals surface area contributed by atoms with Crippen molar-refractivity contribution in [2.45, 2.75) is 51.2 Å². The average Bonchev–Trinajstić information content (AvgIpc) is 2.93. The number of hydrogen-bond acceptors (Lipinski definition) is 3. The Morgan fingerprint density at radius 1 is 1.30 bits per heavy atom. The predicted molar refractivity (Wildman–Crippen MR) is 97.1 cm³/mol. The Morgan fingerprint density at radius 2 is 2.00 bits per heavy atom. The standard InChI is InChI=1S/C18H28N2O2S/c1-13(2)16-6-4-15(5-7-16)10-14(3)20-17(21)19-11-18(22)8-9-23-12-18/h4-7,13-14,22H,8-12H2,1-3H3,(H2,19,20,21). The molecule has 1 aliphatic heterocycles. The van der Waals surface area contributed by atoms with Gasteiger partial charge >= 0.3 is 6.03 Å². The van der Waals surface area contributed by atoms with Crippen LogP contribution in [0.25, 0.3) is 0 Å². The zero-order valence-corrected chi connectivity index (χ0v) is 15.1. The minimum atomic E-state index is -0.738. The van der Waals surface area contributed by atoms with Crippen molar-refractivity contribution in [1.29, 1.82) is 0 Å². The van der Waals surface area contributed by atoms with Crippen molar-refractivity contribution in [2.75, 3.05) is 18.1 Å². The lowest BCUT2D eigenvalue weighted by molar-refractivity contribution is 0.0699. The molecule has 128 valence electrons. The molecule has 23 heavy (non-hydrogen) atoms. The first-order valence-electron chi connectivity index (χ1n) is 8.31. The minimum Gasteiger partial charge on any atom is -0.387 e. The monoisotopic (exact) mass is 336 g/mol. The molecule has 2 amide bonds. The second-order valence-corrected chi connectivity index (χ2v) is 7.96. The molecule has 0 aromatic heterocycles. The summed E-state index contributed by atoms with van der Waals surface area (Å²) in [6.45, 7) is 6.68. The molecule has 2 rings (SSSR count). The summed E-state index contributed by atoms with van der Waals surface area (Å²) < 4.78 is 0. The molecule has 1 aliphatic rings. The summed E-state index contributed by atoms with van der Waals surface area (Å²) in [7, 11) is 0. The van der Waals surface area contributed by atoms with Crippen molar-refractivity contribution < 1.29 is 9.90 Å². The zero-order valence-electron chi connectivity index (χ0n) is 14.3. The van der Waals surface area contributed by atoms with E-state index in [2.05, 4.69) is 48.7 Å². The summed E-state index contributed by atoms with van der Waals surface area (Å²) in [5.41, 5.74) is 1.81. The fraction of sp³-hybridized carbons (Fsp3) is 0.611. The van der Waals surface area contributed by atoms with Crippen LogP contribution in [0.15, 0.2) is 24.3 Å². The van der Waals surface area contributed by atoms with Gasteiger partial charge in [0.2, 0.25) is 0 Å². The summed E-state index contributed by atoms with van der Waals surface area (Å²) in [5.74, 6) is 2.19. The van der Waals surface area contributed by atoms with Crippen LogP contribution in [0.3, 0.4) is 0 Å². The van der Waals surface area contributed by atoms with Gasteiger partial charge in [-0.15, -0.1) is 0 Å². The lowest BCUT2D eigenvalue weighted by Gasteiger charge is -2.22. The minimum absolute atomic E-state index is 0.0486. The number of amides is 2. The summed E-state index contributed by atoms with van der Waals surface area (Å²) in [6, 6.07) is 8.41. The van der Waals surface area contributed by atoms with E-state index in [0.29, 0.717) is 18.2 Å². The van der Waals surface area contributed by atoms with Crippen LogP contribution in [-0.4, -0.2) is 40.8 Å². The molecule has 5 heteroatoms. The zero-order chi connectivity index (χ0) is 16.9. The van der Waals surface area contributed by atoms with Crippen LogP contribution < -0.4 is 10.6 Å². The van der Waals surface area contributed by atoms with Crippen molar-refractivity contribution in [3.63, 3.8) is 0 Å². The smallest absolute Gasteiger partial charge is 0.315 e. The third-order valence-corrected chi connectivity index (χ3v) is 5.46. The lowest BCUT2D eigenvalue weighted by atomic mass is 9.99. The molecule has 0 bridgehead atoms. The Hall–Kier alpha value is -1.20. The second kappa shape index (κ2) is 8.06. The molecule has 0 spiro atoms. The molecule has 1 aromatic rings. The number of thioether (sulfide) groups is 1. The number of urea groups is 1. The molecule has 1 saturated heterocycles. The Balaban J connectivity index is 1.75. The first-order valence-corrected chi connectivity index (χ1v) is 9.47. The van der Waals surface area contributed by atoms with Crippen molar-refractivity contribution in [2.24, 2.45) is 0 Å². The Kier molecular flexibility index (Phi) is 6.36. The van der Waals surface area contributed by atoms with Gasteiger partial charge in [0.25, 0.3) is 0 Å². The van der Waals surface area contributed by atoms with Gasteiger partial charge < -0.3 is 15.7 Å². The van der Waals surface area contributed by atoms with Gasteiger partial charge in [0.15, 0.2) is 0 Å². The van der Waals surface area contributed by atoms with E-state index in [1.165, 1.54) is 11.1 Å². The van der Waals surface area contributed by atoms with Crippen molar-refractivity contribution in [3.8, 4) is 0 Å². The summed E-state index contributed by atoms with van der Waals surface area (Å²) in [5, 5.41) is 15.9. The van der Waals surface area contributed by atoms with E-state index in [-0.39, 0.29) is 12.1 Å². The number of aliphatic hydroxyl groups is 1. The van der Waals surface area contributed by atoms with E-state index in [4.69, 9.17) is 0 Å². The first-order chi connectivity index (χ1) is 10.9. The third kappa shape index (κ3) is 5.74. The lowest BCUT2D eigenvalue weighted by Crippen LogP contribution is -2.48. The number of benzene rings is 1. The number of hydrogen-bond donors (Lipinski definition) is 3. The number of rotatable bonds is 6. The number of nitrogens with one attached hydrogen (secondary N) is 2. The van der Waals surface area contributed by atoms with Gasteiger partial charge in [-0.2, -0.15) is 11.8 Å². The van der Waals surface area contributed by atoms with Crippen LogP contribution >= 0.6 is 11.8 Å². The molecular formula is C18H28N2O2S. The van der Waals surface area contributed by atoms with E-state index in [9.17, 15) is 9.90 Å². The topological polar surface area (TPSA) is 61.4 Å². The maximum atomic E-state index is 11.9. The van der Waals surface area contributed by atoms with Gasteiger partial charge in [-0.25, -0.2) is 4.79 Å². The molecule has 2 atom stereocenters. The molecule has 0 radical (unpaired) electrons. The maximum absolute atomic E-state index is 11.9. The van der Waals surface area contributed by atoms with Gasteiger partial charge in [0, 0.05) is 18.3 Å². The molecule has 0 aliphatic carbocycles. The van der Waals surface area contributed by atoms with Crippen LogP contribution in [0.4, 0.5) is 4.79 Å². The van der Waals surface area contributed by atoms with Gasteiger partial charge in [-0.1, -0.05) is 38.1 Å². The Bertz CT molecular complexity index is 510. The van der Waals surface area contributed by atoms with Gasteiger partial charge in [-0.05, 0) is 42.6 Å². The first kappa shape index (κ1) is 18.1. The van der Waals surface area contributed by atoms with Gasteiger partial charge in [-0.3, -0.25) is 0 Å². The van der Waals surface area contributed by atoms with Gasteiger partial charge in [0.05, 0.1) is 5.60 Å². The summed E-state index contributed by atoms with van der Waals surface area (Å²) >= 11 is 1.73. The van der Waals surface area contributed by atoms with E-state index in [1.807, 2.05) is 6.92 Å². The average molecular weight is 337 g/mol. The SMILES string of the molecule is CC(Cc1ccc(C(C)C)cc1)NC(=O)NCC1(O)CCSC1. The molecule has 3 N–H and O–H groups in total. The van der Waals surface area contributed by atoms with E-state index in [0.717, 1.165) is 18.6 Å². The molecule has 0 saturated carbocycles.